The van der Waals surface area contributed by atoms with Crippen LogP contribution in [0.1, 0.15) is 24.4 Å². The van der Waals surface area contributed by atoms with Crippen molar-refractivity contribution in [3.05, 3.63) is 64.0 Å². The van der Waals surface area contributed by atoms with Crippen molar-refractivity contribution in [2.75, 3.05) is 5.32 Å². The van der Waals surface area contributed by atoms with Gasteiger partial charge >= 0.3 is 6.18 Å². The van der Waals surface area contributed by atoms with Crippen LogP contribution in [0.5, 0.6) is 0 Å². The number of fused-ring (bicyclic) bond motifs is 1. The molecule has 1 unspecified atom stereocenters. The molecule has 1 aromatic carbocycles. The third-order valence-electron chi connectivity index (χ3n) is 4.25. The Hall–Kier alpha value is -2.79. The fraction of sp³-hybridized carbons (Fsp3) is 0.167. The molecule has 7 nitrogen and oxygen atoms in total. The highest BCUT2D eigenvalue weighted by molar-refractivity contribution is 9.10. The van der Waals surface area contributed by atoms with Gasteiger partial charge in [0.2, 0.25) is 0 Å². The van der Waals surface area contributed by atoms with E-state index in [4.69, 9.17) is 11.6 Å². The number of alkyl halides is 3. The molecule has 0 spiro atoms. The molecule has 0 aliphatic rings. The van der Waals surface area contributed by atoms with Crippen molar-refractivity contribution in [3.8, 4) is 5.82 Å². The summed E-state index contributed by atoms with van der Waals surface area (Å²) in [4.78, 5) is 16.5. The largest absolute Gasteiger partial charge is 0.418 e. The quantitative estimate of drug-likeness (QED) is 0.416. The van der Waals surface area contributed by atoms with Crippen molar-refractivity contribution in [3.63, 3.8) is 0 Å². The first-order chi connectivity index (χ1) is 14.2. The molecule has 3 heterocycles. The molecule has 4 aromatic rings. The highest BCUT2D eigenvalue weighted by atomic mass is 79.9. The Morgan fingerprint density at radius 1 is 1.10 bits per heavy atom. The molecule has 0 radical (unpaired) electrons. The van der Waals surface area contributed by atoms with Crippen LogP contribution in [0.2, 0.25) is 5.02 Å². The number of nitrogens with zero attached hydrogens (tertiary/aromatic N) is 6. The van der Waals surface area contributed by atoms with E-state index in [1.54, 1.807) is 19.2 Å². The fourth-order valence-electron chi connectivity index (χ4n) is 2.95. The number of aromatic nitrogens is 6. The van der Waals surface area contributed by atoms with E-state index in [1.165, 1.54) is 17.1 Å². The Morgan fingerprint density at radius 3 is 2.60 bits per heavy atom. The maximum Gasteiger partial charge on any atom is 0.418 e. The Morgan fingerprint density at radius 2 is 1.90 bits per heavy atom. The minimum atomic E-state index is -4.60. The number of nitrogens with one attached hydrogen (secondary N) is 1. The Bertz CT molecular complexity index is 1210. The molecular formula is C18H12BrClF3N7. The van der Waals surface area contributed by atoms with Gasteiger partial charge in [-0.2, -0.15) is 23.0 Å². The van der Waals surface area contributed by atoms with E-state index in [2.05, 4.69) is 46.3 Å². The third kappa shape index (κ3) is 3.94. The molecule has 154 valence electrons. The minimum Gasteiger partial charge on any atom is -0.360 e. The maximum atomic E-state index is 13.4. The van der Waals surface area contributed by atoms with Gasteiger partial charge in [0, 0.05) is 21.1 Å². The smallest absolute Gasteiger partial charge is 0.360 e. The van der Waals surface area contributed by atoms with Crippen molar-refractivity contribution >= 4 is 44.3 Å². The normalized spacial score (nSPS) is 12.9. The average Bonchev–Trinajstić information content (AvgIpc) is 3.18. The lowest BCUT2D eigenvalue weighted by Gasteiger charge is -2.17. The van der Waals surface area contributed by atoms with Crippen molar-refractivity contribution in [1.29, 1.82) is 0 Å². The van der Waals surface area contributed by atoms with Crippen LogP contribution >= 0.6 is 27.5 Å². The Balaban J connectivity index is 1.73. The van der Waals surface area contributed by atoms with Crippen molar-refractivity contribution < 1.29 is 13.2 Å². The second-order valence-electron chi connectivity index (χ2n) is 6.30. The Kier molecular flexibility index (Phi) is 5.33. The summed E-state index contributed by atoms with van der Waals surface area (Å²) in [5.74, 6) is 1.22. The Labute approximate surface area is 181 Å². The van der Waals surface area contributed by atoms with Crippen LogP contribution in [0.3, 0.4) is 0 Å². The van der Waals surface area contributed by atoms with Crippen LogP contribution in [0.4, 0.5) is 19.0 Å². The highest BCUT2D eigenvalue weighted by Gasteiger charge is 2.34. The zero-order valence-corrected chi connectivity index (χ0v) is 17.5. The number of rotatable bonds is 4. The SMILES string of the molecule is CC(Nc1ncnc2c(C(F)(F)F)cc(Cl)cc12)c1ncnn1-c1ccc(Br)cn1. The van der Waals surface area contributed by atoms with Gasteiger partial charge in [-0.1, -0.05) is 11.6 Å². The highest BCUT2D eigenvalue weighted by Crippen LogP contribution is 2.38. The number of pyridine rings is 1. The van der Waals surface area contributed by atoms with Gasteiger partial charge in [-0.3, -0.25) is 0 Å². The van der Waals surface area contributed by atoms with E-state index in [0.717, 1.165) is 16.9 Å². The predicted octanol–water partition coefficient (Wildman–Crippen LogP) is 5.21. The van der Waals surface area contributed by atoms with Crippen LogP contribution in [0.25, 0.3) is 16.7 Å². The minimum absolute atomic E-state index is 0.0671. The van der Waals surface area contributed by atoms with Crippen molar-refractivity contribution in [2.24, 2.45) is 0 Å². The van der Waals surface area contributed by atoms with E-state index < -0.39 is 17.8 Å². The average molecular weight is 499 g/mol. The molecule has 0 saturated carbocycles. The van der Waals surface area contributed by atoms with Crippen LogP contribution < -0.4 is 5.32 Å². The van der Waals surface area contributed by atoms with Gasteiger partial charge < -0.3 is 5.32 Å². The maximum absolute atomic E-state index is 13.4. The zero-order chi connectivity index (χ0) is 21.5. The van der Waals surface area contributed by atoms with Gasteiger partial charge in [0.05, 0.1) is 17.1 Å². The topological polar surface area (TPSA) is 81.4 Å². The van der Waals surface area contributed by atoms with Gasteiger partial charge in [-0.05, 0) is 47.1 Å². The number of anilines is 1. The molecule has 0 saturated heterocycles. The molecular weight excluding hydrogens is 487 g/mol. The first-order valence-electron chi connectivity index (χ1n) is 8.54. The monoisotopic (exact) mass is 497 g/mol. The molecule has 0 fully saturated rings. The van der Waals surface area contributed by atoms with E-state index in [9.17, 15) is 13.2 Å². The molecule has 0 aliphatic carbocycles. The molecule has 1 atom stereocenters. The van der Waals surface area contributed by atoms with Crippen LogP contribution in [0.15, 0.2) is 47.6 Å². The van der Waals surface area contributed by atoms with Crippen LogP contribution in [0, 0.1) is 0 Å². The summed E-state index contributed by atoms with van der Waals surface area (Å²) in [6.45, 7) is 1.78. The second kappa shape index (κ2) is 7.80. The van der Waals surface area contributed by atoms with Gasteiger partial charge in [0.1, 0.15) is 18.5 Å². The third-order valence-corrected chi connectivity index (χ3v) is 4.94. The van der Waals surface area contributed by atoms with Gasteiger partial charge in [-0.15, -0.1) is 0 Å². The van der Waals surface area contributed by atoms with E-state index in [1.807, 2.05) is 6.07 Å². The van der Waals surface area contributed by atoms with Crippen LogP contribution in [-0.4, -0.2) is 29.7 Å². The molecule has 0 amide bonds. The van der Waals surface area contributed by atoms with E-state index in [-0.39, 0.29) is 21.7 Å². The molecule has 0 bridgehead atoms. The van der Waals surface area contributed by atoms with E-state index >= 15 is 0 Å². The summed E-state index contributed by atoms with van der Waals surface area (Å²) in [5, 5.41) is 7.35. The molecule has 12 heteroatoms. The molecule has 0 aliphatic heterocycles. The van der Waals surface area contributed by atoms with Crippen LogP contribution in [-0.2, 0) is 6.18 Å². The summed E-state index contributed by atoms with van der Waals surface area (Å²) in [5.41, 5.74) is -1.17. The summed E-state index contributed by atoms with van der Waals surface area (Å²) in [6, 6.07) is 5.33. The van der Waals surface area contributed by atoms with Gasteiger partial charge in [0.15, 0.2) is 11.6 Å². The first kappa shape index (κ1) is 20.5. The standard InChI is InChI=1S/C18H12BrClF3N7/c1-9(17-27-8-28-30(17)14-3-2-10(19)6-24-14)29-16-12-4-11(20)5-13(18(21,22)23)15(12)25-7-26-16/h2-9H,1H3,(H,25,26,29). The summed E-state index contributed by atoms with van der Waals surface area (Å²) >= 11 is 9.26. The molecule has 3 aromatic heterocycles. The van der Waals surface area contributed by atoms with E-state index in [0.29, 0.717) is 11.6 Å². The van der Waals surface area contributed by atoms with Gasteiger partial charge in [-0.25, -0.2) is 19.9 Å². The lowest BCUT2D eigenvalue weighted by atomic mass is 10.1. The summed E-state index contributed by atoms with van der Waals surface area (Å²) in [7, 11) is 0. The lowest BCUT2D eigenvalue weighted by molar-refractivity contribution is -0.136. The zero-order valence-electron chi connectivity index (χ0n) is 15.2. The molecule has 1 N–H and O–H groups in total. The number of halogens is 5. The summed E-state index contributed by atoms with van der Waals surface area (Å²) in [6.07, 6.45) is -0.541. The lowest BCUT2D eigenvalue weighted by Crippen LogP contribution is -2.16. The summed E-state index contributed by atoms with van der Waals surface area (Å²) < 4.78 is 42.6. The number of hydrogen-bond acceptors (Lipinski definition) is 6. The second-order valence-corrected chi connectivity index (χ2v) is 7.65. The van der Waals surface area contributed by atoms with Gasteiger partial charge in [0.25, 0.3) is 0 Å². The number of hydrogen-bond donors (Lipinski definition) is 1. The first-order valence-corrected chi connectivity index (χ1v) is 9.71. The molecule has 30 heavy (non-hydrogen) atoms. The van der Waals surface area contributed by atoms with Crippen molar-refractivity contribution in [1.82, 2.24) is 29.7 Å². The fourth-order valence-corrected chi connectivity index (χ4v) is 3.40. The number of benzene rings is 1. The van der Waals surface area contributed by atoms with Crippen molar-refractivity contribution in [2.45, 2.75) is 19.1 Å². The predicted molar refractivity (Wildman–Crippen MR) is 108 cm³/mol. The molecule has 4 rings (SSSR count).